The van der Waals surface area contributed by atoms with Crippen molar-refractivity contribution in [2.24, 2.45) is 5.92 Å². The summed E-state index contributed by atoms with van der Waals surface area (Å²) in [5, 5.41) is 24.3. The van der Waals surface area contributed by atoms with Gasteiger partial charge in [0.05, 0.1) is 29.9 Å². The van der Waals surface area contributed by atoms with Gasteiger partial charge in [-0.05, 0) is 43.9 Å². The fourth-order valence-electron chi connectivity index (χ4n) is 6.96. The number of aromatic nitrogens is 6. The first-order valence-corrected chi connectivity index (χ1v) is 14.9. The van der Waals surface area contributed by atoms with E-state index in [0.717, 1.165) is 93.1 Å². The van der Waals surface area contributed by atoms with Crippen LogP contribution in [0.4, 0.5) is 5.82 Å². The highest BCUT2D eigenvalue weighted by Gasteiger charge is 2.48. The summed E-state index contributed by atoms with van der Waals surface area (Å²) in [5.74, 6) is 1.19. The van der Waals surface area contributed by atoms with Crippen LogP contribution in [0.2, 0.25) is 0 Å². The second-order valence-corrected chi connectivity index (χ2v) is 11.9. The number of carbonyl (C=O) groups is 1. The summed E-state index contributed by atoms with van der Waals surface area (Å²) in [5.41, 5.74) is 2.72. The number of piperidine rings is 2. The molecule has 1 N–H and O–H groups in total. The van der Waals surface area contributed by atoms with Crippen LogP contribution in [0.3, 0.4) is 0 Å². The monoisotopic (exact) mass is 575 g/mol. The van der Waals surface area contributed by atoms with E-state index in [1.807, 2.05) is 35.4 Å². The topological polar surface area (TPSA) is 147 Å². The normalized spacial score (nSPS) is 19.6. The SMILES string of the molecule is N#CCC1(n2cc(-c3ncnc4[nH]ccc34)cn2)CN(C2CCN(C(=O)C3CCN(c4ccc(C#N)cn4)CC3)CC2)C1. The standard InChI is InChI=1S/C31H33N11O/c32-9-8-31(42-18-24(17-38-42)28-26-3-10-34-29(26)37-21-36-28)19-41(20-31)25-6-13-40(14-7-25)30(43)23-4-11-39(12-5-23)27-2-1-22(15-33)16-35-27/h1-3,10,16-18,21,23,25H,4-8,11-14,19-20H2,(H,34,36,37). The van der Waals surface area contributed by atoms with Crippen molar-refractivity contribution in [3.63, 3.8) is 0 Å². The minimum absolute atomic E-state index is 0.0508. The van der Waals surface area contributed by atoms with Crippen LogP contribution in [0.5, 0.6) is 0 Å². The molecule has 3 aliphatic rings. The van der Waals surface area contributed by atoms with Crippen molar-refractivity contribution >= 4 is 22.8 Å². The van der Waals surface area contributed by atoms with E-state index < -0.39 is 0 Å². The van der Waals surface area contributed by atoms with E-state index in [-0.39, 0.29) is 17.4 Å². The van der Waals surface area contributed by atoms with Gasteiger partial charge in [-0.1, -0.05) is 0 Å². The number of nitriles is 2. The molecular formula is C31H33N11O. The van der Waals surface area contributed by atoms with Crippen LogP contribution in [0.15, 0.2) is 49.3 Å². The Morgan fingerprint density at radius 1 is 1.00 bits per heavy atom. The third-order valence-corrected chi connectivity index (χ3v) is 9.44. The van der Waals surface area contributed by atoms with Gasteiger partial charge in [0.2, 0.25) is 5.91 Å². The number of nitrogens with zero attached hydrogens (tertiary/aromatic N) is 10. The van der Waals surface area contributed by atoms with Gasteiger partial charge < -0.3 is 14.8 Å². The highest BCUT2D eigenvalue weighted by atomic mass is 16.2. The lowest BCUT2D eigenvalue weighted by atomic mass is 9.83. The van der Waals surface area contributed by atoms with Gasteiger partial charge in [-0.3, -0.25) is 14.4 Å². The molecule has 0 aliphatic carbocycles. The molecule has 12 heteroatoms. The molecule has 0 saturated carbocycles. The van der Waals surface area contributed by atoms with Gasteiger partial charge >= 0.3 is 0 Å². The van der Waals surface area contributed by atoms with E-state index in [2.05, 4.69) is 46.8 Å². The van der Waals surface area contributed by atoms with E-state index in [9.17, 15) is 10.1 Å². The quantitative estimate of drug-likeness (QED) is 0.366. The van der Waals surface area contributed by atoms with Crippen molar-refractivity contribution in [1.82, 2.24) is 39.5 Å². The fourth-order valence-corrected chi connectivity index (χ4v) is 6.96. The van der Waals surface area contributed by atoms with Crippen LogP contribution >= 0.6 is 0 Å². The zero-order valence-electron chi connectivity index (χ0n) is 23.9. The summed E-state index contributed by atoms with van der Waals surface area (Å²) >= 11 is 0. The number of anilines is 1. The number of H-pyrrole nitrogens is 1. The molecule has 3 saturated heterocycles. The van der Waals surface area contributed by atoms with Crippen LogP contribution in [-0.4, -0.2) is 90.7 Å². The lowest BCUT2D eigenvalue weighted by Crippen LogP contribution is -2.66. The number of carbonyl (C=O) groups excluding carboxylic acids is 1. The molecule has 4 aromatic rings. The van der Waals surface area contributed by atoms with Crippen LogP contribution in [-0.2, 0) is 10.3 Å². The molecule has 12 nitrogen and oxygen atoms in total. The van der Waals surface area contributed by atoms with Crippen molar-refractivity contribution in [3.05, 3.63) is 54.9 Å². The Kier molecular flexibility index (Phi) is 6.99. The molecule has 1 amide bonds. The third kappa shape index (κ3) is 4.98. The average molecular weight is 576 g/mol. The molecule has 0 aromatic carbocycles. The van der Waals surface area contributed by atoms with Gasteiger partial charge in [0.1, 0.15) is 29.4 Å². The summed E-state index contributed by atoms with van der Waals surface area (Å²) in [6.07, 6.45) is 12.8. The molecule has 0 atom stereocenters. The van der Waals surface area contributed by atoms with Crippen molar-refractivity contribution in [1.29, 1.82) is 10.5 Å². The van der Waals surface area contributed by atoms with Gasteiger partial charge in [-0.25, -0.2) is 15.0 Å². The number of rotatable bonds is 6. The minimum Gasteiger partial charge on any atom is -0.357 e. The second kappa shape index (κ2) is 11.1. The number of hydrogen-bond acceptors (Lipinski definition) is 9. The number of amides is 1. The molecule has 218 valence electrons. The number of likely N-dealkylation sites (tertiary alicyclic amines) is 2. The van der Waals surface area contributed by atoms with Crippen molar-refractivity contribution in [2.75, 3.05) is 44.2 Å². The smallest absolute Gasteiger partial charge is 0.225 e. The number of fused-ring (bicyclic) bond motifs is 1. The molecule has 0 unspecified atom stereocenters. The number of pyridine rings is 1. The molecule has 4 aromatic heterocycles. The summed E-state index contributed by atoms with van der Waals surface area (Å²) in [6, 6.07) is 10.5. The van der Waals surface area contributed by atoms with Gasteiger partial charge in [-0.2, -0.15) is 15.6 Å². The molecular weight excluding hydrogens is 542 g/mol. The average Bonchev–Trinajstić information content (AvgIpc) is 3.73. The molecule has 3 aliphatic heterocycles. The van der Waals surface area contributed by atoms with Gasteiger partial charge in [-0.15, -0.1) is 0 Å². The van der Waals surface area contributed by atoms with E-state index in [1.165, 1.54) is 0 Å². The van der Waals surface area contributed by atoms with E-state index in [4.69, 9.17) is 10.4 Å². The zero-order chi connectivity index (χ0) is 29.4. The molecule has 7 rings (SSSR count). The molecule has 0 spiro atoms. The van der Waals surface area contributed by atoms with Crippen LogP contribution in [0, 0.1) is 28.6 Å². The van der Waals surface area contributed by atoms with Crippen LogP contribution in [0.1, 0.15) is 37.7 Å². The van der Waals surface area contributed by atoms with Crippen LogP contribution in [0.25, 0.3) is 22.3 Å². The lowest BCUT2D eigenvalue weighted by molar-refractivity contribution is -0.138. The zero-order valence-corrected chi connectivity index (χ0v) is 23.9. The Morgan fingerprint density at radius 2 is 1.81 bits per heavy atom. The van der Waals surface area contributed by atoms with Crippen LogP contribution < -0.4 is 4.90 Å². The highest BCUT2D eigenvalue weighted by Crippen LogP contribution is 2.37. The summed E-state index contributed by atoms with van der Waals surface area (Å²) in [6.45, 7) is 4.67. The van der Waals surface area contributed by atoms with Gasteiger partial charge in [0, 0.05) is 80.8 Å². The first-order valence-electron chi connectivity index (χ1n) is 14.9. The summed E-state index contributed by atoms with van der Waals surface area (Å²) in [4.78, 5) is 36.4. The van der Waals surface area contributed by atoms with Gasteiger partial charge in [0.15, 0.2) is 0 Å². The summed E-state index contributed by atoms with van der Waals surface area (Å²) in [7, 11) is 0. The molecule has 0 bridgehead atoms. The number of hydrogen-bond donors (Lipinski definition) is 1. The van der Waals surface area contributed by atoms with Gasteiger partial charge in [0.25, 0.3) is 0 Å². The first kappa shape index (κ1) is 27.0. The van der Waals surface area contributed by atoms with E-state index in [1.54, 1.807) is 18.6 Å². The molecule has 43 heavy (non-hydrogen) atoms. The Hall–Kier alpha value is -4.81. The lowest BCUT2D eigenvalue weighted by Gasteiger charge is -2.53. The first-order chi connectivity index (χ1) is 21.1. The third-order valence-electron chi connectivity index (χ3n) is 9.44. The van der Waals surface area contributed by atoms with E-state index >= 15 is 0 Å². The molecule has 3 fully saturated rings. The van der Waals surface area contributed by atoms with Crippen molar-refractivity contribution < 1.29 is 4.79 Å². The second-order valence-electron chi connectivity index (χ2n) is 11.9. The predicted molar refractivity (Wildman–Crippen MR) is 158 cm³/mol. The Morgan fingerprint density at radius 3 is 2.53 bits per heavy atom. The Balaban J connectivity index is 0.929. The largest absolute Gasteiger partial charge is 0.357 e. The number of nitrogens with one attached hydrogen (secondary N) is 1. The molecule has 7 heterocycles. The van der Waals surface area contributed by atoms with Crippen molar-refractivity contribution in [3.8, 4) is 23.4 Å². The Labute approximate surface area is 249 Å². The highest BCUT2D eigenvalue weighted by molar-refractivity contribution is 5.90. The fraction of sp³-hybridized carbons (Fsp3) is 0.452. The number of aromatic amines is 1. The molecule has 0 radical (unpaired) electrons. The van der Waals surface area contributed by atoms with E-state index in [0.29, 0.717) is 18.0 Å². The Bertz CT molecular complexity index is 1690. The summed E-state index contributed by atoms with van der Waals surface area (Å²) < 4.78 is 1.96. The predicted octanol–water partition coefficient (Wildman–Crippen LogP) is 2.92. The maximum atomic E-state index is 13.4. The van der Waals surface area contributed by atoms with Crippen molar-refractivity contribution in [2.45, 2.75) is 43.7 Å². The maximum absolute atomic E-state index is 13.4. The minimum atomic E-state index is -0.359. The maximum Gasteiger partial charge on any atom is 0.225 e.